The van der Waals surface area contributed by atoms with Gasteiger partial charge < -0.3 is 20.5 Å². The summed E-state index contributed by atoms with van der Waals surface area (Å²) in [7, 11) is 1.48. The van der Waals surface area contributed by atoms with E-state index in [0.717, 1.165) is 16.7 Å². The number of alkyl halides is 3. The number of carbonyl (C=O) groups is 2. The fourth-order valence-corrected chi connectivity index (χ4v) is 4.58. The lowest BCUT2D eigenvalue weighted by atomic mass is 9.82. The number of ether oxygens (including phenoxy) is 1. The molecule has 0 bridgehead atoms. The molecule has 1 aliphatic carbocycles. The van der Waals surface area contributed by atoms with Crippen molar-refractivity contribution in [3.63, 3.8) is 0 Å². The van der Waals surface area contributed by atoms with Crippen LogP contribution in [0.15, 0.2) is 34.9 Å². The SMILES string of the molecule is COc1ccc(Br)cc1[C@H](C)Nc1ncc(C(=O)NCC2CCC(C(=O)O)CC2)cc1C(F)(F)F. The molecule has 11 heteroatoms. The number of hydrogen-bond donors (Lipinski definition) is 3. The third-order valence-corrected chi connectivity index (χ3v) is 6.71. The number of carboxylic acids is 1. The number of hydrogen-bond acceptors (Lipinski definition) is 5. The molecule has 2 aromatic rings. The Morgan fingerprint density at radius 2 is 1.91 bits per heavy atom. The van der Waals surface area contributed by atoms with E-state index in [0.29, 0.717) is 37.0 Å². The standard InChI is InChI=1S/C24H27BrF3N3O4/c1-13(18-10-17(25)7-8-20(18)35-2)31-21-19(24(26,27)28)9-16(12-29-21)22(32)30-11-14-3-5-15(6-4-14)23(33)34/h7-10,12-15H,3-6,11H2,1-2H3,(H,29,31)(H,30,32)(H,33,34)/t13-,14?,15?/m0/s1. The molecule has 1 aromatic heterocycles. The molecular weight excluding hydrogens is 531 g/mol. The molecule has 0 spiro atoms. The molecule has 1 aliphatic rings. The number of halogens is 4. The highest BCUT2D eigenvalue weighted by atomic mass is 79.9. The zero-order valence-corrected chi connectivity index (χ0v) is 20.9. The van der Waals surface area contributed by atoms with Crippen molar-refractivity contribution in [1.29, 1.82) is 0 Å². The van der Waals surface area contributed by atoms with Crippen molar-refractivity contribution in [2.24, 2.45) is 11.8 Å². The molecule has 1 atom stereocenters. The number of anilines is 1. The van der Waals surface area contributed by atoms with Crippen molar-refractivity contribution in [3.8, 4) is 5.75 Å². The summed E-state index contributed by atoms with van der Waals surface area (Å²) in [6.45, 7) is 1.96. The third kappa shape index (κ3) is 6.87. The summed E-state index contributed by atoms with van der Waals surface area (Å²) in [5, 5.41) is 14.5. The second-order valence-electron chi connectivity index (χ2n) is 8.64. The number of carboxylic acid groups (broad SMARTS) is 1. The van der Waals surface area contributed by atoms with Gasteiger partial charge in [-0.25, -0.2) is 4.98 Å². The van der Waals surface area contributed by atoms with E-state index in [-0.39, 0.29) is 23.9 Å². The number of nitrogens with one attached hydrogen (secondary N) is 2. The highest BCUT2D eigenvalue weighted by Gasteiger charge is 2.36. The predicted octanol–water partition coefficient (Wildman–Crippen LogP) is 5.67. The largest absolute Gasteiger partial charge is 0.496 e. The zero-order valence-electron chi connectivity index (χ0n) is 19.3. The minimum Gasteiger partial charge on any atom is -0.496 e. The van der Waals surface area contributed by atoms with Crippen LogP contribution in [-0.2, 0) is 11.0 Å². The number of carbonyl (C=O) groups excluding carboxylic acids is 1. The molecule has 190 valence electrons. The molecule has 7 nitrogen and oxygen atoms in total. The van der Waals surface area contributed by atoms with E-state index in [4.69, 9.17) is 9.84 Å². The minimum absolute atomic E-state index is 0.0894. The van der Waals surface area contributed by atoms with Crippen LogP contribution in [0.3, 0.4) is 0 Å². The monoisotopic (exact) mass is 557 g/mol. The second kappa shape index (κ2) is 11.3. The van der Waals surface area contributed by atoms with Crippen LogP contribution in [0.2, 0.25) is 0 Å². The van der Waals surface area contributed by atoms with E-state index < -0.39 is 35.5 Å². The molecule has 3 N–H and O–H groups in total. The van der Waals surface area contributed by atoms with Crippen LogP contribution in [-0.4, -0.2) is 35.6 Å². The predicted molar refractivity (Wildman–Crippen MR) is 127 cm³/mol. The van der Waals surface area contributed by atoms with Gasteiger partial charge in [0, 0.05) is 22.8 Å². The lowest BCUT2D eigenvalue weighted by Gasteiger charge is -2.26. The Hall–Kier alpha value is -2.82. The van der Waals surface area contributed by atoms with Crippen LogP contribution in [0.25, 0.3) is 0 Å². The lowest BCUT2D eigenvalue weighted by molar-refractivity contribution is -0.143. The van der Waals surface area contributed by atoms with E-state index >= 15 is 0 Å². The van der Waals surface area contributed by atoms with E-state index in [1.165, 1.54) is 7.11 Å². The van der Waals surface area contributed by atoms with Gasteiger partial charge in [0.2, 0.25) is 0 Å². The first-order valence-electron chi connectivity index (χ1n) is 11.2. The Labute approximate surface area is 209 Å². The Bertz CT molecular complexity index is 1070. The Kier molecular flexibility index (Phi) is 8.63. The van der Waals surface area contributed by atoms with Crippen LogP contribution < -0.4 is 15.4 Å². The Morgan fingerprint density at radius 1 is 1.23 bits per heavy atom. The van der Waals surface area contributed by atoms with Crippen molar-refractivity contribution in [2.45, 2.75) is 44.8 Å². The molecule has 1 amide bonds. The van der Waals surface area contributed by atoms with Crippen molar-refractivity contribution < 1.29 is 32.6 Å². The van der Waals surface area contributed by atoms with Crippen molar-refractivity contribution in [1.82, 2.24) is 10.3 Å². The number of aliphatic carboxylic acids is 1. The number of benzene rings is 1. The van der Waals surface area contributed by atoms with Gasteiger partial charge in [-0.15, -0.1) is 0 Å². The Balaban J connectivity index is 1.72. The second-order valence-corrected chi connectivity index (χ2v) is 9.55. The fourth-order valence-electron chi connectivity index (χ4n) is 4.20. The van der Waals surface area contributed by atoms with Crippen LogP contribution in [0.1, 0.15) is 60.1 Å². The molecule has 0 unspecified atom stereocenters. The van der Waals surface area contributed by atoms with Gasteiger partial charge in [-0.3, -0.25) is 9.59 Å². The highest BCUT2D eigenvalue weighted by molar-refractivity contribution is 9.10. The van der Waals surface area contributed by atoms with Crippen LogP contribution >= 0.6 is 15.9 Å². The number of amides is 1. The molecule has 1 heterocycles. The molecule has 1 aromatic carbocycles. The molecule has 3 rings (SSSR count). The van der Waals surface area contributed by atoms with Gasteiger partial charge in [-0.1, -0.05) is 15.9 Å². The molecule has 0 aliphatic heterocycles. The summed E-state index contributed by atoms with van der Waals surface area (Å²) in [5.41, 5.74) is -0.612. The minimum atomic E-state index is -4.73. The van der Waals surface area contributed by atoms with E-state index in [9.17, 15) is 22.8 Å². The number of pyridine rings is 1. The normalized spacial score (nSPS) is 19.0. The number of methoxy groups -OCH3 is 1. The number of rotatable bonds is 8. The highest BCUT2D eigenvalue weighted by Crippen LogP contribution is 2.37. The summed E-state index contributed by atoms with van der Waals surface area (Å²) < 4.78 is 47.6. The van der Waals surface area contributed by atoms with Crippen LogP contribution in [0.5, 0.6) is 5.75 Å². The third-order valence-electron chi connectivity index (χ3n) is 6.21. The average molecular weight is 558 g/mol. The molecule has 1 saturated carbocycles. The summed E-state index contributed by atoms with van der Waals surface area (Å²) >= 11 is 3.35. The molecular formula is C24H27BrF3N3O4. The van der Waals surface area contributed by atoms with E-state index in [2.05, 4.69) is 31.5 Å². The maximum Gasteiger partial charge on any atom is 0.419 e. The topological polar surface area (TPSA) is 101 Å². The quantitative estimate of drug-likeness (QED) is 0.387. The molecule has 1 fully saturated rings. The molecule has 0 saturated heterocycles. The van der Waals surface area contributed by atoms with Gasteiger partial charge in [0.15, 0.2) is 0 Å². The number of nitrogens with zero attached hydrogens (tertiary/aromatic N) is 1. The van der Waals surface area contributed by atoms with Gasteiger partial charge >= 0.3 is 12.1 Å². The van der Waals surface area contributed by atoms with Gasteiger partial charge in [-0.2, -0.15) is 13.2 Å². The first-order valence-corrected chi connectivity index (χ1v) is 12.0. The van der Waals surface area contributed by atoms with Crippen molar-refractivity contribution in [3.05, 3.63) is 51.6 Å². The average Bonchev–Trinajstić information content (AvgIpc) is 2.82. The fraction of sp³-hybridized carbons (Fsp3) is 0.458. The maximum atomic E-state index is 13.8. The summed E-state index contributed by atoms with van der Waals surface area (Å²) in [6.07, 6.45) is -1.29. The smallest absolute Gasteiger partial charge is 0.419 e. The Morgan fingerprint density at radius 3 is 2.51 bits per heavy atom. The summed E-state index contributed by atoms with van der Waals surface area (Å²) in [6, 6.07) is 5.43. The van der Waals surface area contributed by atoms with Crippen molar-refractivity contribution in [2.75, 3.05) is 19.0 Å². The molecule has 0 radical (unpaired) electrons. The van der Waals surface area contributed by atoms with Gasteiger partial charge in [0.05, 0.1) is 30.2 Å². The summed E-state index contributed by atoms with van der Waals surface area (Å²) in [4.78, 5) is 27.5. The van der Waals surface area contributed by atoms with Crippen LogP contribution in [0.4, 0.5) is 19.0 Å². The first kappa shape index (κ1) is 26.8. The van der Waals surface area contributed by atoms with E-state index in [1.807, 2.05) is 0 Å². The lowest BCUT2D eigenvalue weighted by Crippen LogP contribution is -2.32. The maximum absolute atomic E-state index is 13.8. The van der Waals surface area contributed by atoms with Gasteiger partial charge in [0.25, 0.3) is 5.91 Å². The zero-order chi connectivity index (χ0) is 25.8. The van der Waals surface area contributed by atoms with Gasteiger partial charge in [-0.05, 0) is 62.8 Å². The molecule has 35 heavy (non-hydrogen) atoms. The number of aromatic nitrogens is 1. The van der Waals surface area contributed by atoms with Gasteiger partial charge in [0.1, 0.15) is 11.6 Å². The first-order chi connectivity index (χ1) is 16.5. The summed E-state index contributed by atoms with van der Waals surface area (Å²) in [5.74, 6) is -1.65. The van der Waals surface area contributed by atoms with E-state index in [1.54, 1.807) is 25.1 Å². The van der Waals surface area contributed by atoms with Crippen molar-refractivity contribution >= 4 is 33.6 Å². The van der Waals surface area contributed by atoms with Crippen LogP contribution in [0, 0.1) is 11.8 Å².